The molecule has 0 aromatic rings. The fourth-order valence-electron chi connectivity index (χ4n) is 2.77. The number of hydrogen-bond acceptors (Lipinski definition) is 3. The Morgan fingerprint density at radius 3 is 2.05 bits per heavy atom. The Hall–Kier alpha value is -0.860. The molecule has 0 saturated heterocycles. The SMILES string of the molecule is CC(C)C1CCC(C(=O)CC(=O)OC(C)(C)C)CC1. The molecule has 19 heavy (non-hydrogen) atoms. The van der Waals surface area contributed by atoms with Gasteiger partial charge in [0.2, 0.25) is 0 Å². The highest BCUT2D eigenvalue weighted by Crippen LogP contribution is 2.34. The molecule has 0 spiro atoms. The van der Waals surface area contributed by atoms with Gasteiger partial charge in [-0.2, -0.15) is 0 Å². The fourth-order valence-corrected chi connectivity index (χ4v) is 2.77. The first-order valence-corrected chi connectivity index (χ1v) is 7.43. The molecule has 0 radical (unpaired) electrons. The monoisotopic (exact) mass is 268 g/mol. The lowest BCUT2D eigenvalue weighted by Gasteiger charge is -2.30. The van der Waals surface area contributed by atoms with Crippen molar-refractivity contribution in [3.8, 4) is 0 Å². The van der Waals surface area contributed by atoms with E-state index in [0.29, 0.717) is 5.92 Å². The van der Waals surface area contributed by atoms with Crippen LogP contribution in [0.15, 0.2) is 0 Å². The van der Waals surface area contributed by atoms with Crippen molar-refractivity contribution in [1.29, 1.82) is 0 Å². The summed E-state index contributed by atoms with van der Waals surface area (Å²) in [6, 6.07) is 0. The molecule has 1 saturated carbocycles. The number of hydrogen-bond donors (Lipinski definition) is 0. The molecule has 3 heteroatoms. The Bertz CT molecular complexity index is 317. The van der Waals surface area contributed by atoms with Gasteiger partial charge in [0, 0.05) is 5.92 Å². The van der Waals surface area contributed by atoms with Crippen LogP contribution in [0.1, 0.15) is 66.7 Å². The molecule has 1 fully saturated rings. The normalized spacial score (nSPS) is 24.3. The van der Waals surface area contributed by atoms with E-state index in [4.69, 9.17) is 4.74 Å². The van der Waals surface area contributed by atoms with E-state index in [1.54, 1.807) is 0 Å². The maximum Gasteiger partial charge on any atom is 0.313 e. The lowest BCUT2D eigenvalue weighted by Crippen LogP contribution is -2.29. The predicted octanol–water partition coefficient (Wildman–Crippen LogP) is 3.75. The smallest absolute Gasteiger partial charge is 0.313 e. The fraction of sp³-hybridized carbons (Fsp3) is 0.875. The minimum absolute atomic E-state index is 0.0612. The molecule has 0 unspecified atom stereocenters. The van der Waals surface area contributed by atoms with Crippen LogP contribution in [0.3, 0.4) is 0 Å². The van der Waals surface area contributed by atoms with Crippen LogP contribution in [0, 0.1) is 17.8 Å². The Balaban J connectivity index is 2.37. The van der Waals surface area contributed by atoms with E-state index in [1.807, 2.05) is 20.8 Å². The van der Waals surface area contributed by atoms with E-state index in [2.05, 4.69) is 13.8 Å². The number of Topliss-reactive ketones (excluding diaryl/α,β-unsaturated/α-hetero) is 1. The van der Waals surface area contributed by atoms with E-state index < -0.39 is 5.60 Å². The van der Waals surface area contributed by atoms with E-state index in [0.717, 1.165) is 31.6 Å². The quantitative estimate of drug-likeness (QED) is 0.576. The van der Waals surface area contributed by atoms with Crippen LogP contribution in [-0.4, -0.2) is 17.4 Å². The van der Waals surface area contributed by atoms with Gasteiger partial charge in [-0.05, 0) is 58.3 Å². The summed E-state index contributed by atoms with van der Waals surface area (Å²) in [5.41, 5.74) is -0.507. The Morgan fingerprint density at radius 2 is 1.63 bits per heavy atom. The first-order chi connectivity index (χ1) is 8.69. The molecule has 1 aliphatic carbocycles. The molecular weight excluding hydrogens is 240 g/mol. The molecule has 0 aliphatic heterocycles. The molecule has 0 atom stereocenters. The predicted molar refractivity (Wildman–Crippen MR) is 75.8 cm³/mol. The number of rotatable bonds is 4. The average molecular weight is 268 g/mol. The summed E-state index contributed by atoms with van der Waals surface area (Å²) >= 11 is 0. The van der Waals surface area contributed by atoms with Crippen LogP contribution in [0.5, 0.6) is 0 Å². The maximum atomic E-state index is 12.1. The highest BCUT2D eigenvalue weighted by atomic mass is 16.6. The zero-order chi connectivity index (χ0) is 14.6. The second-order valence-corrected chi connectivity index (χ2v) is 7.09. The summed E-state index contributed by atoms with van der Waals surface area (Å²) in [6.07, 6.45) is 4.04. The van der Waals surface area contributed by atoms with Crippen LogP contribution >= 0.6 is 0 Å². The van der Waals surface area contributed by atoms with Gasteiger partial charge in [0.25, 0.3) is 0 Å². The van der Waals surface area contributed by atoms with Crippen molar-refractivity contribution in [2.75, 3.05) is 0 Å². The topological polar surface area (TPSA) is 43.4 Å². The number of carbonyl (C=O) groups excluding carboxylic acids is 2. The lowest BCUT2D eigenvalue weighted by atomic mass is 9.75. The summed E-state index contributed by atoms with van der Waals surface area (Å²) in [5.74, 6) is 1.19. The van der Waals surface area contributed by atoms with Crippen molar-refractivity contribution in [2.45, 2.75) is 72.3 Å². The molecule has 1 rings (SSSR count). The number of carbonyl (C=O) groups is 2. The molecule has 3 nitrogen and oxygen atoms in total. The second-order valence-electron chi connectivity index (χ2n) is 7.09. The Kier molecular flexibility index (Phi) is 5.57. The largest absolute Gasteiger partial charge is 0.460 e. The van der Waals surface area contributed by atoms with Gasteiger partial charge in [-0.3, -0.25) is 9.59 Å². The van der Waals surface area contributed by atoms with E-state index in [-0.39, 0.29) is 24.1 Å². The van der Waals surface area contributed by atoms with Gasteiger partial charge in [0.15, 0.2) is 0 Å². The number of ether oxygens (including phenoxy) is 1. The molecular formula is C16H28O3. The standard InChI is InChI=1S/C16H28O3/c1-11(2)12-6-8-13(9-7-12)14(17)10-15(18)19-16(3,4)5/h11-13H,6-10H2,1-5H3. The molecule has 0 aromatic carbocycles. The van der Waals surface area contributed by atoms with Gasteiger partial charge in [-0.15, -0.1) is 0 Å². The average Bonchev–Trinajstić information content (AvgIpc) is 2.26. The first-order valence-electron chi connectivity index (χ1n) is 7.43. The van der Waals surface area contributed by atoms with E-state index >= 15 is 0 Å². The highest BCUT2D eigenvalue weighted by molar-refractivity contribution is 5.96. The van der Waals surface area contributed by atoms with Crippen molar-refractivity contribution in [3.63, 3.8) is 0 Å². The maximum absolute atomic E-state index is 12.1. The summed E-state index contributed by atoms with van der Waals surface area (Å²) in [4.78, 5) is 23.7. The number of esters is 1. The third-order valence-corrected chi connectivity index (χ3v) is 3.91. The van der Waals surface area contributed by atoms with Gasteiger partial charge in [-0.25, -0.2) is 0 Å². The Labute approximate surface area is 117 Å². The summed E-state index contributed by atoms with van der Waals surface area (Å²) in [7, 11) is 0. The molecule has 0 N–H and O–H groups in total. The van der Waals surface area contributed by atoms with Crippen LogP contribution in [0.2, 0.25) is 0 Å². The summed E-state index contributed by atoms with van der Waals surface area (Å²) in [6.45, 7) is 9.96. The first kappa shape index (κ1) is 16.2. The minimum Gasteiger partial charge on any atom is -0.460 e. The molecule has 0 bridgehead atoms. The lowest BCUT2D eigenvalue weighted by molar-refractivity contribution is -0.156. The van der Waals surface area contributed by atoms with Crippen molar-refractivity contribution in [1.82, 2.24) is 0 Å². The van der Waals surface area contributed by atoms with Crippen molar-refractivity contribution in [3.05, 3.63) is 0 Å². The minimum atomic E-state index is -0.507. The van der Waals surface area contributed by atoms with Crippen LogP contribution in [-0.2, 0) is 14.3 Å². The second kappa shape index (κ2) is 6.53. The zero-order valence-electron chi connectivity index (χ0n) is 13.0. The summed E-state index contributed by atoms with van der Waals surface area (Å²) in [5, 5.41) is 0. The third kappa shape index (κ3) is 5.75. The highest BCUT2D eigenvalue weighted by Gasteiger charge is 2.29. The van der Waals surface area contributed by atoms with Crippen LogP contribution in [0.25, 0.3) is 0 Å². The van der Waals surface area contributed by atoms with Gasteiger partial charge in [-0.1, -0.05) is 13.8 Å². The van der Waals surface area contributed by atoms with Crippen molar-refractivity contribution in [2.24, 2.45) is 17.8 Å². The van der Waals surface area contributed by atoms with E-state index in [9.17, 15) is 9.59 Å². The molecule has 1 aliphatic rings. The third-order valence-electron chi connectivity index (χ3n) is 3.91. The summed E-state index contributed by atoms with van der Waals surface area (Å²) < 4.78 is 5.20. The number of ketones is 1. The molecule has 0 heterocycles. The molecule has 0 aromatic heterocycles. The van der Waals surface area contributed by atoms with Crippen LogP contribution in [0.4, 0.5) is 0 Å². The van der Waals surface area contributed by atoms with Gasteiger partial charge in [0.05, 0.1) is 0 Å². The van der Waals surface area contributed by atoms with Gasteiger partial charge >= 0.3 is 5.97 Å². The van der Waals surface area contributed by atoms with Crippen LogP contribution < -0.4 is 0 Å². The molecule has 110 valence electrons. The zero-order valence-corrected chi connectivity index (χ0v) is 13.0. The Morgan fingerprint density at radius 1 is 1.11 bits per heavy atom. The van der Waals surface area contributed by atoms with Gasteiger partial charge in [0.1, 0.15) is 17.8 Å². The van der Waals surface area contributed by atoms with Crippen molar-refractivity contribution < 1.29 is 14.3 Å². The van der Waals surface area contributed by atoms with E-state index in [1.165, 1.54) is 0 Å². The molecule has 0 amide bonds. The van der Waals surface area contributed by atoms with Crippen molar-refractivity contribution >= 4 is 11.8 Å². The van der Waals surface area contributed by atoms with Gasteiger partial charge < -0.3 is 4.74 Å².